The van der Waals surface area contributed by atoms with E-state index in [1.807, 2.05) is 0 Å². The Morgan fingerprint density at radius 2 is 1.81 bits per heavy atom. The van der Waals surface area contributed by atoms with Gasteiger partial charge in [0, 0.05) is 13.6 Å². The van der Waals surface area contributed by atoms with Crippen LogP contribution in [0.2, 0.25) is 0 Å². The van der Waals surface area contributed by atoms with Gasteiger partial charge < -0.3 is 5.11 Å². The monoisotopic (exact) mass is 249 g/mol. The standard InChI is InChI=1S/C11H23NO3S/c1-11(2,13)9-12(3)16(14,15)8-10-6-4-5-7-10/h10,13H,4-9H2,1-3H3. The molecule has 0 aromatic heterocycles. The molecule has 16 heavy (non-hydrogen) atoms. The summed E-state index contributed by atoms with van der Waals surface area (Å²) in [6.45, 7) is 3.39. The largest absolute Gasteiger partial charge is 0.389 e. The van der Waals surface area contributed by atoms with Crippen molar-refractivity contribution < 1.29 is 13.5 Å². The molecule has 1 saturated carbocycles. The summed E-state index contributed by atoms with van der Waals surface area (Å²) in [5, 5.41) is 9.61. The number of nitrogens with zero attached hydrogens (tertiary/aromatic N) is 1. The maximum atomic E-state index is 12.0. The van der Waals surface area contributed by atoms with Gasteiger partial charge in [0.1, 0.15) is 0 Å². The molecular weight excluding hydrogens is 226 g/mol. The van der Waals surface area contributed by atoms with Gasteiger partial charge in [0.25, 0.3) is 0 Å². The first kappa shape index (κ1) is 13.9. The number of likely N-dealkylation sites (N-methyl/N-ethyl adjacent to an activating group) is 1. The van der Waals surface area contributed by atoms with Crippen molar-refractivity contribution in [2.75, 3.05) is 19.3 Å². The van der Waals surface area contributed by atoms with Gasteiger partial charge in [-0.2, -0.15) is 0 Å². The van der Waals surface area contributed by atoms with Crippen LogP contribution in [0.1, 0.15) is 39.5 Å². The van der Waals surface area contributed by atoms with Crippen LogP contribution >= 0.6 is 0 Å². The molecule has 4 nitrogen and oxygen atoms in total. The normalized spacial score (nSPS) is 19.6. The van der Waals surface area contributed by atoms with Crippen LogP contribution in [0, 0.1) is 5.92 Å². The first-order valence-corrected chi connectivity index (χ1v) is 7.48. The summed E-state index contributed by atoms with van der Waals surface area (Å²) in [7, 11) is -1.66. The second kappa shape index (κ2) is 5.02. The van der Waals surface area contributed by atoms with Crippen LogP contribution in [0.3, 0.4) is 0 Å². The fourth-order valence-corrected chi connectivity index (χ4v) is 3.94. The van der Waals surface area contributed by atoms with Crippen molar-refractivity contribution in [2.24, 2.45) is 5.92 Å². The molecule has 1 rings (SSSR count). The Morgan fingerprint density at radius 1 is 1.31 bits per heavy atom. The Morgan fingerprint density at radius 3 is 2.25 bits per heavy atom. The predicted octanol–water partition coefficient (Wildman–Crippen LogP) is 1.21. The van der Waals surface area contributed by atoms with E-state index in [1.54, 1.807) is 20.9 Å². The first-order valence-electron chi connectivity index (χ1n) is 5.87. The maximum Gasteiger partial charge on any atom is 0.214 e. The zero-order chi connectivity index (χ0) is 12.4. The molecule has 0 radical (unpaired) electrons. The van der Waals surface area contributed by atoms with Crippen molar-refractivity contribution in [3.63, 3.8) is 0 Å². The molecule has 1 N–H and O–H groups in total. The third kappa shape index (κ3) is 4.39. The molecule has 1 fully saturated rings. The lowest BCUT2D eigenvalue weighted by molar-refractivity contribution is 0.0639. The van der Waals surface area contributed by atoms with Crippen LogP contribution in [0.25, 0.3) is 0 Å². The molecule has 0 aromatic rings. The van der Waals surface area contributed by atoms with Gasteiger partial charge in [-0.1, -0.05) is 12.8 Å². The Bertz CT molecular complexity index is 313. The quantitative estimate of drug-likeness (QED) is 0.796. The highest BCUT2D eigenvalue weighted by Crippen LogP contribution is 2.26. The van der Waals surface area contributed by atoms with Crippen molar-refractivity contribution in [1.29, 1.82) is 0 Å². The van der Waals surface area contributed by atoms with Crippen molar-refractivity contribution in [2.45, 2.75) is 45.1 Å². The summed E-state index contributed by atoms with van der Waals surface area (Å²) < 4.78 is 25.2. The van der Waals surface area contributed by atoms with Gasteiger partial charge in [-0.15, -0.1) is 0 Å². The van der Waals surface area contributed by atoms with Crippen LogP contribution in [0.4, 0.5) is 0 Å². The number of aliphatic hydroxyl groups is 1. The van der Waals surface area contributed by atoms with Gasteiger partial charge in [-0.25, -0.2) is 12.7 Å². The zero-order valence-corrected chi connectivity index (χ0v) is 11.3. The van der Waals surface area contributed by atoms with Crippen LogP contribution in [-0.2, 0) is 10.0 Å². The maximum absolute atomic E-state index is 12.0. The molecule has 5 heteroatoms. The van der Waals surface area contributed by atoms with Crippen LogP contribution in [-0.4, -0.2) is 42.8 Å². The Kier molecular flexibility index (Phi) is 4.37. The second-order valence-electron chi connectivity index (χ2n) is 5.50. The third-order valence-electron chi connectivity index (χ3n) is 3.01. The summed E-state index contributed by atoms with van der Waals surface area (Å²) in [6, 6.07) is 0. The summed E-state index contributed by atoms with van der Waals surface area (Å²) >= 11 is 0. The molecule has 0 amide bonds. The fraction of sp³-hybridized carbons (Fsp3) is 1.00. The van der Waals surface area contributed by atoms with E-state index in [9.17, 15) is 13.5 Å². The van der Waals surface area contributed by atoms with Crippen molar-refractivity contribution in [3.8, 4) is 0 Å². The van der Waals surface area contributed by atoms with E-state index in [1.165, 1.54) is 4.31 Å². The fourth-order valence-electron chi connectivity index (χ4n) is 2.25. The predicted molar refractivity (Wildman–Crippen MR) is 64.7 cm³/mol. The average molecular weight is 249 g/mol. The number of hydrogen-bond acceptors (Lipinski definition) is 3. The topological polar surface area (TPSA) is 57.6 Å². The van der Waals surface area contributed by atoms with Gasteiger partial charge in [0.2, 0.25) is 10.0 Å². The van der Waals surface area contributed by atoms with Crippen molar-refractivity contribution in [3.05, 3.63) is 0 Å². The minimum atomic E-state index is -3.20. The molecule has 0 saturated heterocycles. The van der Waals surface area contributed by atoms with Gasteiger partial charge in [0.05, 0.1) is 11.4 Å². The lowest BCUT2D eigenvalue weighted by atomic mass is 10.1. The van der Waals surface area contributed by atoms with E-state index in [4.69, 9.17) is 0 Å². The van der Waals surface area contributed by atoms with Gasteiger partial charge in [-0.05, 0) is 32.6 Å². The lowest BCUT2D eigenvalue weighted by Crippen LogP contribution is -2.41. The molecular formula is C11H23NO3S. The Hall–Kier alpha value is -0.130. The number of sulfonamides is 1. The van der Waals surface area contributed by atoms with E-state index in [0.717, 1.165) is 25.7 Å². The van der Waals surface area contributed by atoms with E-state index < -0.39 is 15.6 Å². The minimum absolute atomic E-state index is 0.155. The highest BCUT2D eigenvalue weighted by molar-refractivity contribution is 7.89. The number of rotatable bonds is 5. The zero-order valence-electron chi connectivity index (χ0n) is 10.4. The molecule has 0 aromatic carbocycles. The van der Waals surface area contributed by atoms with Gasteiger partial charge in [-0.3, -0.25) is 0 Å². The average Bonchev–Trinajstić information content (AvgIpc) is 2.52. The summed E-state index contributed by atoms with van der Waals surface area (Å²) in [6.07, 6.45) is 4.34. The van der Waals surface area contributed by atoms with Gasteiger partial charge >= 0.3 is 0 Å². The molecule has 1 aliphatic carbocycles. The second-order valence-corrected chi connectivity index (χ2v) is 7.62. The van der Waals surface area contributed by atoms with E-state index in [0.29, 0.717) is 5.92 Å². The molecule has 0 atom stereocenters. The summed E-state index contributed by atoms with van der Waals surface area (Å²) in [5.74, 6) is 0.550. The first-order chi connectivity index (χ1) is 7.21. The molecule has 1 aliphatic rings. The molecule has 0 bridgehead atoms. The van der Waals surface area contributed by atoms with Crippen molar-refractivity contribution in [1.82, 2.24) is 4.31 Å². The van der Waals surface area contributed by atoms with Crippen LogP contribution in [0.5, 0.6) is 0 Å². The summed E-state index contributed by atoms with van der Waals surface area (Å²) in [5.41, 5.74) is -0.975. The van der Waals surface area contributed by atoms with Gasteiger partial charge in [0.15, 0.2) is 0 Å². The minimum Gasteiger partial charge on any atom is -0.389 e. The number of hydrogen-bond donors (Lipinski definition) is 1. The lowest BCUT2D eigenvalue weighted by Gasteiger charge is -2.26. The Balaban J connectivity index is 2.55. The molecule has 0 heterocycles. The smallest absolute Gasteiger partial charge is 0.214 e. The molecule has 96 valence electrons. The van der Waals surface area contributed by atoms with E-state index >= 15 is 0 Å². The van der Waals surface area contributed by atoms with E-state index in [2.05, 4.69) is 0 Å². The highest BCUT2D eigenvalue weighted by atomic mass is 32.2. The third-order valence-corrected chi connectivity index (χ3v) is 4.98. The van der Waals surface area contributed by atoms with E-state index in [-0.39, 0.29) is 12.3 Å². The van der Waals surface area contributed by atoms with Crippen LogP contribution < -0.4 is 0 Å². The highest BCUT2D eigenvalue weighted by Gasteiger charge is 2.28. The Labute approximate surface area is 98.7 Å². The van der Waals surface area contributed by atoms with Crippen molar-refractivity contribution >= 4 is 10.0 Å². The molecule has 0 unspecified atom stereocenters. The summed E-state index contributed by atoms with van der Waals surface area (Å²) in [4.78, 5) is 0. The SMILES string of the molecule is CN(CC(C)(C)O)S(=O)(=O)CC1CCCC1. The van der Waals surface area contributed by atoms with Crippen LogP contribution in [0.15, 0.2) is 0 Å². The molecule has 0 aliphatic heterocycles. The molecule has 0 spiro atoms.